The third kappa shape index (κ3) is 4.41. The molecule has 1 aliphatic heterocycles. The summed E-state index contributed by atoms with van der Waals surface area (Å²) in [7, 11) is 0. The fourth-order valence-corrected chi connectivity index (χ4v) is 4.94. The quantitative estimate of drug-likeness (QED) is 0.173. The average Bonchev–Trinajstić information content (AvgIpc) is 3.43. The van der Waals surface area contributed by atoms with Gasteiger partial charge in [-0.3, -0.25) is 14.5 Å². The molecule has 0 saturated carbocycles. The number of H-pyrrole nitrogens is 1. The van der Waals surface area contributed by atoms with E-state index in [1.54, 1.807) is 48.7 Å². The number of Topliss-reactive ketones (excluding diaryl/α,β-unsaturated/α-hetero) is 1. The Balaban J connectivity index is 1.71. The minimum Gasteiger partial charge on any atom is -0.507 e. The van der Waals surface area contributed by atoms with Crippen molar-refractivity contribution in [2.24, 2.45) is 0 Å². The second-order valence-corrected chi connectivity index (χ2v) is 9.54. The molecule has 1 atom stereocenters. The molecule has 2 heterocycles. The number of ether oxygens (including phenoxy) is 2. The highest BCUT2D eigenvalue weighted by molar-refractivity contribution is 6.52. The van der Waals surface area contributed by atoms with Gasteiger partial charge in [-0.25, -0.2) is 0 Å². The van der Waals surface area contributed by atoms with Crippen molar-refractivity contribution in [2.45, 2.75) is 39.8 Å². The molecule has 0 aliphatic carbocycles. The topological polar surface area (TPSA) is 91.9 Å². The van der Waals surface area contributed by atoms with Gasteiger partial charge in [0.15, 0.2) is 0 Å². The van der Waals surface area contributed by atoms with E-state index in [0.717, 1.165) is 16.5 Å². The van der Waals surface area contributed by atoms with E-state index in [4.69, 9.17) is 9.47 Å². The zero-order valence-electron chi connectivity index (χ0n) is 21.8. The molecule has 194 valence electrons. The fourth-order valence-electron chi connectivity index (χ4n) is 4.94. The molecule has 1 saturated heterocycles. The molecule has 0 radical (unpaired) electrons. The van der Waals surface area contributed by atoms with Gasteiger partial charge >= 0.3 is 0 Å². The van der Waals surface area contributed by atoms with Gasteiger partial charge in [0.05, 0.1) is 24.3 Å². The Hall–Kier alpha value is -4.52. The van der Waals surface area contributed by atoms with Crippen molar-refractivity contribution in [2.75, 3.05) is 11.5 Å². The number of aliphatic hydroxyl groups excluding tert-OH is 1. The van der Waals surface area contributed by atoms with Gasteiger partial charge in [0.2, 0.25) is 0 Å². The molecular weight excluding hydrogens is 480 g/mol. The van der Waals surface area contributed by atoms with E-state index in [1.165, 1.54) is 4.90 Å². The van der Waals surface area contributed by atoms with Gasteiger partial charge in [0.1, 0.15) is 17.3 Å². The molecule has 38 heavy (non-hydrogen) atoms. The molecule has 7 heteroatoms. The number of aromatic amines is 1. The van der Waals surface area contributed by atoms with Crippen LogP contribution in [0.25, 0.3) is 16.7 Å². The van der Waals surface area contributed by atoms with Crippen LogP contribution < -0.4 is 14.4 Å². The Bertz CT molecular complexity index is 1570. The largest absolute Gasteiger partial charge is 0.507 e. The number of fused-ring (bicyclic) bond motifs is 1. The number of hydrogen-bond acceptors (Lipinski definition) is 5. The Morgan fingerprint density at radius 3 is 2.58 bits per heavy atom. The van der Waals surface area contributed by atoms with Crippen molar-refractivity contribution in [1.29, 1.82) is 0 Å². The lowest BCUT2D eigenvalue weighted by molar-refractivity contribution is -0.132. The van der Waals surface area contributed by atoms with Gasteiger partial charge in [0.25, 0.3) is 11.7 Å². The van der Waals surface area contributed by atoms with Crippen molar-refractivity contribution < 1.29 is 24.2 Å². The Kier molecular flexibility index (Phi) is 6.68. The number of hydrogen-bond donors (Lipinski definition) is 2. The number of amides is 1. The summed E-state index contributed by atoms with van der Waals surface area (Å²) >= 11 is 0. The molecule has 3 aromatic carbocycles. The third-order valence-electron chi connectivity index (χ3n) is 6.58. The van der Waals surface area contributed by atoms with E-state index in [9.17, 15) is 14.7 Å². The van der Waals surface area contributed by atoms with Crippen LogP contribution in [0.4, 0.5) is 5.69 Å². The maximum Gasteiger partial charge on any atom is 0.300 e. The number of nitrogens with one attached hydrogen (secondary N) is 1. The number of ketones is 1. The predicted molar refractivity (Wildman–Crippen MR) is 148 cm³/mol. The number of aryl methyl sites for hydroxylation is 1. The van der Waals surface area contributed by atoms with Crippen LogP contribution >= 0.6 is 0 Å². The summed E-state index contributed by atoms with van der Waals surface area (Å²) in [5.74, 6) is -0.424. The lowest BCUT2D eigenvalue weighted by Crippen LogP contribution is -2.29. The Morgan fingerprint density at radius 1 is 1.05 bits per heavy atom. The van der Waals surface area contributed by atoms with Crippen LogP contribution in [0.1, 0.15) is 43.5 Å². The number of aromatic nitrogens is 1. The van der Waals surface area contributed by atoms with Crippen molar-refractivity contribution in [3.05, 3.63) is 95.2 Å². The zero-order chi connectivity index (χ0) is 27.0. The molecule has 1 aromatic heterocycles. The molecule has 1 amide bonds. The van der Waals surface area contributed by atoms with E-state index < -0.39 is 17.7 Å². The molecule has 0 bridgehead atoms. The Morgan fingerprint density at radius 2 is 1.84 bits per heavy atom. The number of anilines is 1. The number of para-hydroxylation sites is 1. The van der Waals surface area contributed by atoms with Gasteiger partial charge in [-0.05, 0) is 69.7 Å². The first-order valence-electron chi connectivity index (χ1n) is 12.7. The van der Waals surface area contributed by atoms with E-state index >= 15 is 0 Å². The number of rotatable bonds is 7. The summed E-state index contributed by atoms with van der Waals surface area (Å²) in [5.41, 5.74) is 3.35. The van der Waals surface area contributed by atoms with Gasteiger partial charge in [0, 0.05) is 40.0 Å². The van der Waals surface area contributed by atoms with Crippen molar-refractivity contribution in [3.63, 3.8) is 0 Å². The van der Waals surface area contributed by atoms with Crippen LogP contribution in [0.2, 0.25) is 0 Å². The summed E-state index contributed by atoms with van der Waals surface area (Å²) < 4.78 is 11.5. The first-order chi connectivity index (χ1) is 18.3. The second-order valence-electron chi connectivity index (χ2n) is 9.54. The first-order valence-corrected chi connectivity index (χ1v) is 12.7. The summed E-state index contributed by atoms with van der Waals surface area (Å²) in [6.45, 7) is 8.10. The number of nitrogens with zero attached hydrogens (tertiary/aromatic N) is 1. The van der Waals surface area contributed by atoms with Gasteiger partial charge in [-0.2, -0.15) is 0 Å². The molecule has 1 aliphatic rings. The summed E-state index contributed by atoms with van der Waals surface area (Å²) in [5, 5.41) is 12.4. The minimum absolute atomic E-state index is 0.00667. The number of benzene rings is 3. The monoisotopic (exact) mass is 510 g/mol. The standard InChI is InChI=1S/C31H30N2O5/c1-5-37-22-10-8-9-21(16-22)33-28(24-17-32-25-12-7-6-11-23(24)25)27(30(35)31(33)36)29(34)20-13-14-26(19(4)15-20)38-18(2)3/h6-18,28,32,34H,5H2,1-4H3/b29-27+. The molecule has 4 aromatic rings. The number of aliphatic hydroxyl groups is 1. The van der Waals surface area contributed by atoms with Crippen LogP contribution in [0.3, 0.4) is 0 Å². The van der Waals surface area contributed by atoms with Gasteiger partial charge in [-0.1, -0.05) is 24.3 Å². The predicted octanol–water partition coefficient (Wildman–Crippen LogP) is 6.29. The highest BCUT2D eigenvalue weighted by Crippen LogP contribution is 2.45. The van der Waals surface area contributed by atoms with Crippen LogP contribution in [-0.4, -0.2) is 34.5 Å². The molecule has 1 unspecified atom stereocenters. The Labute approximate surface area is 221 Å². The van der Waals surface area contributed by atoms with Crippen molar-refractivity contribution >= 4 is 34.0 Å². The molecule has 7 nitrogen and oxygen atoms in total. The molecule has 0 spiro atoms. The zero-order valence-corrected chi connectivity index (χ0v) is 21.8. The van der Waals surface area contributed by atoms with Crippen molar-refractivity contribution in [1.82, 2.24) is 4.98 Å². The van der Waals surface area contributed by atoms with Crippen LogP contribution in [0, 0.1) is 6.92 Å². The normalized spacial score (nSPS) is 17.0. The van der Waals surface area contributed by atoms with Crippen LogP contribution in [0.15, 0.2) is 78.5 Å². The SMILES string of the molecule is CCOc1cccc(N2C(=O)C(=O)/C(=C(/O)c3ccc(OC(C)C)c(C)c3)C2c2c[nH]c3ccccc23)c1. The number of carbonyl (C=O) groups is 2. The summed E-state index contributed by atoms with van der Waals surface area (Å²) in [6, 6.07) is 19.1. The molecular formula is C31H30N2O5. The molecule has 2 N–H and O–H groups in total. The highest BCUT2D eigenvalue weighted by Gasteiger charge is 2.47. The lowest BCUT2D eigenvalue weighted by Gasteiger charge is -2.25. The second kappa shape index (κ2) is 10.1. The maximum atomic E-state index is 13.6. The third-order valence-corrected chi connectivity index (χ3v) is 6.58. The average molecular weight is 511 g/mol. The van der Waals surface area contributed by atoms with Crippen molar-refractivity contribution in [3.8, 4) is 11.5 Å². The summed E-state index contributed by atoms with van der Waals surface area (Å²) in [4.78, 5) is 31.8. The van der Waals surface area contributed by atoms with Gasteiger partial charge in [-0.15, -0.1) is 0 Å². The van der Waals surface area contributed by atoms with E-state index in [-0.39, 0.29) is 17.4 Å². The fraction of sp³-hybridized carbons (Fsp3) is 0.226. The highest BCUT2D eigenvalue weighted by atomic mass is 16.5. The van der Waals surface area contributed by atoms with Gasteiger partial charge < -0.3 is 19.6 Å². The van der Waals surface area contributed by atoms with E-state index in [1.807, 2.05) is 52.0 Å². The van der Waals surface area contributed by atoms with Crippen LogP contribution in [-0.2, 0) is 9.59 Å². The number of carbonyl (C=O) groups excluding carboxylic acids is 2. The first kappa shape index (κ1) is 25.1. The summed E-state index contributed by atoms with van der Waals surface area (Å²) in [6.07, 6.45) is 1.78. The maximum absolute atomic E-state index is 13.6. The molecule has 5 rings (SSSR count). The van der Waals surface area contributed by atoms with Crippen LogP contribution in [0.5, 0.6) is 11.5 Å². The lowest BCUT2D eigenvalue weighted by atomic mass is 9.94. The van der Waals surface area contributed by atoms with E-state index in [0.29, 0.717) is 34.9 Å². The molecule has 1 fully saturated rings. The van der Waals surface area contributed by atoms with E-state index in [2.05, 4.69) is 4.98 Å². The minimum atomic E-state index is -0.852. The smallest absolute Gasteiger partial charge is 0.300 e.